The molecule has 0 fully saturated rings. The zero-order valence-electron chi connectivity index (χ0n) is 13.6. The summed E-state index contributed by atoms with van der Waals surface area (Å²) in [5.74, 6) is 0. The minimum absolute atomic E-state index is 0.141. The summed E-state index contributed by atoms with van der Waals surface area (Å²) >= 11 is 0. The Kier molecular flexibility index (Phi) is 3.04. The van der Waals surface area contributed by atoms with Gasteiger partial charge in [0.2, 0.25) is 0 Å². The topological polar surface area (TPSA) is 0 Å². The number of allylic oxidation sites excluding steroid dienone is 14. The third-order valence-corrected chi connectivity index (χ3v) is 5.94. The van der Waals surface area contributed by atoms with Crippen molar-refractivity contribution >= 4 is 0 Å². The molecule has 0 aliphatic heterocycles. The Bertz CT molecular complexity index is 655. The molecule has 0 N–H and O–H groups in total. The Morgan fingerprint density at radius 2 is 1.00 bits per heavy atom. The molecule has 2 atom stereocenters. The van der Waals surface area contributed by atoms with Gasteiger partial charge in [0.05, 0.1) is 0 Å². The third kappa shape index (κ3) is 1.43. The summed E-state index contributed by atoms with van der Waals surface area (Å²) < 4.78 is 0. The zero-order chi connectivity index (χ0) is 15.2. The molecule has 0 aromatic heterocycles. The molecule has 0 bridgehead atoms. The van der Waals surface area contributed by atoms with E-state index in [9.17, 15) is 0 Å². The molecule has 112 valence electrons. The van der Waals surface area contributed by atoms with Crippen LogP contribution in [0.1, 0.15) is 39.5 Å². The maximum Gasteiger partial charge on any atom is 0.0339 e. The van der Waals surface area contributed by atoms with Crippen LogP contribution in [0.3, 0.4) is 0 Å². The highest BCUT2D eigenvalue weighted by molar-refractivity contribution is 5.67. The van der Waals surface area contributed by atoms with Crippen LogP contribution in [0.15, 0.2) is 83.1 Å². The lowest BCUT2D eigenvalue weighted by Crippen LogP contribution is -2.50. The largest absolute Gasteiger partial charge is 0.0653 e. The first kappa shape index (κ1) is 13.8. The van der Waals surface area contributed by atoms with E-state index in [1.807, 2.05) is 0 Å². The summed E-state index contributed by atoms with van der Waals surface area (Å²) in [6, 6.07) is 0. The summed E-state index contributed by atoms with van der Waals surface area (Å²) in [5.41, 5.74) is 6.32. The lowest BCUT2D eigenvalue weighted by Gasteiger charge is -2.59. The molecule has 2 unspecified atom stereocenters. The highest BCUT2D eigenvalue weighted by Crippen LogP contribution is 2.68. The van der Waals surface area contributed by atoms with Gasteiger partial charge < -0.3 is 0 Å². The summed E-state index contributed by atoms with van der Waals surface area (Å²) in [6.07, 6.45) is 28.2. The molecule has 22 heavy (non-hydrogen) atoms. The minimum Gasteiger partial charge on any atom is -0.0653 e. The molecule has 0 spiro atoms. The van der Waals surface area contributed by atoms with Gasteiger partial charge in [-0.2, -0.15) is 0 Å². The van der Waals surface area contributed by atoms with Gasteiger partial charge >= 0.3 is 0 Å². The maximum atomic E-state index is 2.37. The predicted molar refractivity (Wildman–Crippen MR) is 94.4 cm³/mol. The van der Waals surface area contributed by atoms with Crippen LogP contribution in [0.4, 0.5) is 0 Å². The molecular formula is C22H24. The van der Waals surface area contributed by atoms with Crippen molar-refractivity contribution in [2.45, 2.75) is 39.5 Å². The molecule has 4 aliphatic carbocycles. The van der Waals surface area contributed by atoms with Crippen LogP contribution in [-0.2, 0) is 0 Å². The van der Waals surface area contributed by atoms with E-state index in [1.165, 1.54) is 48.0 Å². The van der Waals surface area contributed by atoms with Gasteiger partial charge in [-0.25, -0.2) is 0 Å². The fraction of sp³-hybridized carbons (Fsp3) is 0.364. The lowest BCUT2D eigenvalue weighted by molar-refractivity contribution is 0.168. The number of rotatable bonds is 4. The summed E-state index contributed by atoms with van der Waals surface area (Å²) in [4.78, 5) is 0. The van der Waals surface area contributed by atoms with Gasteiger partial charge in [-0.1, -0.05) is 87.4 Å². The van der Waals surface area contributed by atoms with E-state index in [2.05, 4.69) is 74.6 Å². The van der Waals surface area contributed by atoms with E-state index in [0.29, 0.717) is 0 Å². The first-order valence-corrected chi connectivity index (χ1v) is 8.68. The van der Waals surface area contributed by atoms with Crippen LogP contribution in [0.25, 0.3) is 0 Å². The van der Waals surface area contributed by atoms with Gasteiger partial charge in [-0.05, 0) is 35.1 Å². The fourth-order valence-corrected chi connectivity index (χ4v) is 5.30. The Morgan fingerprint density at radius 3 is 1.41 bits per heavy atom. The summed E-state index contributed by atoms with van der Waals surface area (Å²) in [7, 11) is 0. The first-order valence-electron chi connectivity index (χ1n) is 8.68. The van der Waals surface area contributed by atoms with Gasteiger partial charge in [0.25, 0.3) is 0 Å². The zero-order valence-corrected chi connectivity index (χ0v) is 13.6. The maximum absolute atomic E-state index is 2.37. The molecular weight excluding hydrogens is 264 g/mol. The fourth-order valence-electron chi connectivity index (χ4n) is 5.30. The van der Waals surface area contributed by atoms with Gasteiger partial charge in [0.15, 0.2) is 0 Å². The molecule has 0 radical (unpaired) electrons. The van der Waals surface area contributed by atoms with Crippen molar-refractivity contribution in [2.75, 3.05) is 0 Å². The van der Waals surface area contributed by atoms with E-state index < -0.39 is 0 Å². The van der Waals surface area contributed by atoms with Gasteiger partial charge in [-0.15, -0.1) is 0 Å². The molecule has 0 aromatic rings. The Labute approximate surface area is 134 Å². The second-order valence-corrected chi connectivity index (χ2v) is 6.85. The molecule has 0 heterocycles. The van der Waals surface area contributed by atoms with Gasteiger partial charge in [-0.3, -0.25) is 0 Å². The van der Waals surface area contributed by atoms with Crippen molar-refractivity contribution in [2.24, 2.45) is 10.8 Å². The molecule has 0 aromatic carbocycles. The second-order valence-electron chi connectivity index (χ2n) is 6.85. The highest BCUT2D eigenvalue weighted by atomic mass is 14.6. The quantitative estimate of drug-likeness (QED) is 0.596. The van der Waals surface area contributed by atoms with Crippen LogP contribution in [0.5, 0.6) is 0 Å². The third-order valence-electron chi connectivity index (χ3n) is 5.94. The van der Waals surface area contributed by atoms with E-state index in [0.717, 1.165) is 0 Å². The Hall–Kier alpha value is -1.82. The second kappa shape index (κ2) is 4.84. The Balaban J connectivity index is 2.09. The molecule has 0 amide bonds. The minimum atomic E-state index is 0.141. The Morgan fingerprint density at radius 1 is 0.591 bits per heavy atom. The van der Waals surface area contributed by atoms with Crippen LogP contribution in [0.2, 0.25) is 0 Å². The summed E-state index contributed by atoms with van der Waals surface area (Å²) in [6.45, 7) is 4.65. The van der Waals surface area contributed by atoms with Crippen LogP contribution >= 0.6 is 0 Å². The van der Waals surface area contributed by atoms with E-state index in [4.69, 9.17) is 0 Å². The van der Waals surface area contributed by atoms with E-state index >= 15 is 0 Å². The molecule has 4 aliphatic rings. The van der Waals surface area contributed by atoms with Crippen molar-refractivity contribution in [3.05, 3.63) is 83.1 Å². The van der Waals surface area contributed by atoms with Gasteiger partial charge in [0, 0.05) is 10.8 Å². The normalized spacial score (nSPS) is 33.7. The molecule has 0 saturated carbocycles. The molecule has 0 nitrogen and oxygen atoms in total. The lowest BCUT2D eigenvalue weighted by atomic mass is 9.43. The number of hydrogen-bond donors (Lipinski definition) is 0. The van der Waals surface area contributed by atoms with E-state index in [1.54, 1.807) is 0 Å². The monoisotopic (exact) mass is 288 g/mol. The predicted octanol–water partition coefficient (Wildman–Crippen LogP) is 5.99. The average molecular weight is 288 g/mol. The molecule has 0 saturated heterocycles. The van der Waals surface area contributed by atoms with Crippen LogP contribution < -0.4 is 0 Å². The smallest absolute Gasteiger partial charge is 0.0339 e. The van der Waals surface area contributed by atoms with Crippen molar-refractivity contribution in [1.82, 2.24) is 0 Å². The van der Waals surface area contributed by atoms with Gasteiger partial charge in [0.1, 0.15) is 0 Å². The standard InChI is InChI=1S/C22H24/c1-3-15-21-17-7-5-8-18(21)12-14-20-10-6-9-19(13-11-17)22(20,21)16-4-2/h5-14H,3-4,15-16H2,1-2H3. The van der Waals surface area contributed by atoms with Crippen molar-refractivity contribution in [3.63, 3.8) is 0 Å². The van der Waals surface area contributed by atoms with Crippen LogP contribution in [-0.4, -0.2) is 0 Å². The van der Waals surface area contributed by atoms with Crippen molar-refractivity contribution in [3.8, 4) is 0 Å². The van der Waals surface area contributed by atoms with Crippen molar-refractivity contribution < 1.29 is 0 Å². The number of hydrogen-bond acceptors (Lipinski definition) is 0. The average Bonchev–Trinajstić information content (AvgIpc) is 2.53. The highest BCUT2D eigenvalue weighted by Gasteiger charge is 2.59. The molecule has 0 heteroatoms. The van der Waals surface area contributed by atoms with Crippen molar-refractivity contribution in [1.29, 1.82) is 0 Å². The summed E-state index contributed by atoms with van der Waals surface area (Å²) in [5, 5.41) is 0. The van der Waals surface area contributed by atoms with Crippen LogP contribution in [0, 0.1) is 10.8 Å². The van der Waals surface area contributed by atoms with E-state index in [-0.39, 0.29) is 10.8 Å². The first-order chi connectivity index (χ1) is 10.8. The SMILES string of the molecule is CCCC12C3=CC=CC1=CC=C1C=CC=C(C=C3)C12CCC. The molecule has 4 rings (SSSR count).